The zero-order valence-corrected chi connectivity index (χ0v) is 21.6. The van der Waals surface area contributed by atoms with Gasteiger partial charge in [-0.05, 0) is 58.6 Å². The first-order valence-electron chi connectivity index (χ1n) is 12.2. The number of hydrogen-bond donors (Lipinski definition) is 1. The maximum absolute atomic E-state index is 13.8. The van der Waals surface area contributed by atoms with Crippen molar-refractivity contribution in [1.82, 2.24) is 0 Å². The Morgan fingerprint density at radius 1 is 1.11 bits per heavy atom. The van der Waals surface area contributed by atoms with Crippen molar-refractivity contribution < 1.29 is 43.2 Å². The van der Waals surface area contributed by atoms with Crippen molar-refractivity contribution in [3.05, 3.63) is 35.5 Å². The fourth-order valence-electron chi connectivity index (χ4n) is 8.02. The van der Waals surface area contributed by atoms with E-state index in [0.29, 0.717) is 17.6 Å². The Morgan fingerprint density at radius 2 is 1.75 bits per heavy atom. The highest BCUT2D eigenvalue weighted by Gasteiger charge is 2.87. The lowest BCUT2D eigenvalue weighted by Gasteiger charge is -2.67. The molecule has 0 aromatic heterocycles. The van der Waals surface area contributed by atoms with E-state index in [2.05, 4.69) is 6.58 Å². The molecule has 0 aromatic carbocycles. The summed E-state index contributed by atoms with van der Waals surface area (Å²) in [7, 11) is 0. The molecule has 194 valence electrons. The number of esters is 4. The van der Waals surface area contributed by atoms with Gasteiger partial charge in [0.15, 0.2) is 11.7 Å². The minimum atomic E-state index is -2.34. The van der Waals surface area contributed by atoms with Crippen LogP contribution in [0.2, 0.25) is 0 Å². The maximum atomic E-state index is 13.8. The molecule has 36 heavy (non-hydrogen) atoms. The van der Waals surface area contributed by atoms with Crippen molar-refractivity contribution in [2.24, 2.45) is 16.2 Å². The van der Waals surface area contributed by atoms with Gasteiger partial charge in [0, 0.05) is 23.8 Å². The summed E-state index contributed by atoms with van der Waals surface area (Å²) >= 11 is 0. The Kier molecular flexibility index (Phi) is 4.59. The van der Waals surface area contributed by atoms with Crippen LogP contribution in [-0.4, -0.2) is 58.0 Å². The number of rotatable bonds is 1. The molecule has 0 radical (unpaired) electrons. The lowest BCUT2D eigenvalue weighted by atomic mass is 9.38. The first-order valence-corrected chi connectivity index (χ1v) is 12.2. The van der Waals surface area contributed by atoms with Crippen LogP contribution in [-0.2, 0) is 38.1 Å². The van der Waals surface area contributed by atoms with Crippen LogP contribution in [0.25, 0.3) is 0 Å². The molecule has 9 nitrogen and oxygen atoms in total. The maximum Gasteiger partial charge on any atom is 0.344 e. The molecular weight excluding hydrogens is 468 g/mol. The molecule has 0 unspecified atom stereocenters. The van der Waals surface area contributed by atoms with Gasteiger partial charge >= 0.3 is 23.9 Å². The third-order valence-corrected chi connectivity index (χ3v) is 9.91. The largest absolute Gasteiger partial charge is 0.458 e. The van der Waals surface area contributed by atoms with Gasteiger partial charge in [-0.2, -0.15) is 0 Å². The molecule has 2 spiro atoms. The molecule has 7 atom stereocenters. The highest BCUT2D eigenvalue weighted by atomic mass is 16.6. The molecule has 2 saturated heterocycles. The number of carbonyl (C=O) groups is 4. The standard InChI is InChI=1S/C27H32O9/c1-13-18-19(34-16(4)28)24(8)14(2)26(20(30)33-15(3)27(26,32)21(31)36-24)23(18,7)11-12-25(13)10-9-17(29)35-22(25,5)6/h9-10,15,19,32H,2,11-12H2,1,3-8H3/t15-,19+,23+,24+,25+,26+,27-/m1/s1. The first-order chi connectivity index (χ1) is 16.5. The van der Waals surface area contributed by atoms with Crippen LogP contribution >= 0.6 is 0 Å². The highest BCUT2D eigenvalue weighted by Crippen LogP contribution is 2.75. The van der Waals surface area contributed by atoms with Crippen LogP contribution in [0, 0.1) is 16.2 Å². The van der Waals surface area contributed by atoms with Crippen LogP contribution < -0.4 is 0 Å². The molecule has 0 amide bonds. The molecule has 3 heterocycles. The summed E-state index contributed by atoms with van der Waals surface area (Å²) in [6.07, 6.45) is 1.55. The van der Waals surface area contributed by atoms with Gasteiger partial charge in [0.25, 0.3) is 0 Å². The molecule has 1 saturated carbocycles. The molecule has 3 aliphatic heterocycles. The van der Waals surface area contributed by atoms with Gasteiger partial charge in [-0.3, -0.25) is 9.59 Å². The molecule has 2 bridgehead atoms. The van der Waals surface area contributed by atoms with Gasteiger partial charge in [-0.15, -0.1) is 0 Å². The van der Waals surface area contributed by atoms with E-state index in [0.717, 1.165) is 0 Å². The summed E-state index contributed by atoms with van der Waals surface area (Å²) < 4.78 is 23.0. The Morgan fingerprint density at radius 3 is 2.33 bits per heavy atom. The van der Waals surface area contributed by atoms with Crippen LogP contribution in [0.1, 0.15) is 61.3 Å². The second-order valence-electron chi connectivity index (χ2n) is 11.6. The summed E-state index contributed by atoms with van der Waals surface area (Å²) in [5.74, 6) is -2.86. The van der Waals surface area contributed by atoms with E-state index in [4.69, 9.17) is 18.9 Å². The van der Waals surface area contributed by atoms with E-state index in [1.807, 2.05) is 20.8 Å². The average molecular weight is 501 g/mol. The number of aliphatic hydroxyl groups is 1. The third-order valence-electron chi connectivity index (χ3n) is 9.91. The molecule has 1 N–H and O–H groups in total. The Bertz CT molecular complexity index is 1230. The number of fused-ring (bicyclic) bond motifs is 2. The predicted molar refractivity (Wildman–Crippen MR) is 124 cm³/mol. The highest BCUT2D eigenvalue weighted by molar-refractivity contribution is 6.01. The summed E-state index contributed by atoms with van der Waals surface area (Å²) in [5, 5.41) is 12.0. The van der Waals surface area contributed by atoms with Gasteiger partial charge < -0.3 is 24.1 Å². The number of carbonyl (C=O) groups excluding carboxylic acids is 4. The fraction of sp³-hybridized carbons (Fsp3) is 0.630. The third kappa shape index (κ3) is 2.28. The smallest absolute Gasteiger partial charge is 0.344 e. The summed E-state index contributed by atoms with van der Waals surface area (Å²) in [4.78, 5) is 51.9. The van der Waals surface area contributed by atoms with E-state index in [1.165, 1.54) is 19.9 Å². The second kappa shape index (κ2) is 6.68. The molecule has 0 aromatic rings. The molecule has 9 heteroatoms. The van der Waals surface area contributed by atoms with Crippen LogP contribution in [0.5, 0.6) is 0 Å². The number of cyclic esters (lactones) is 2. The summed E-state index contributed by atoms with van der Waals surface area (Å²) in [6, 6.07) is 0. The monoisotopic (exact) mass is 500 g/mol. The SMILES string of the molecule is C=C1[C@@]23C(=O)O[C@H](C)[C@@]2(O)C(=O)O[C@]1(C)[C@@H](OC(C)=O)C1=C(C)[C@]2(C=CC(=O)OC2(C)C)CC[C@@]13C. The van der Waals surface area contributed by atoms with Crippen molar-refractivity contribution in [2.45, 2.75) is 90.3 Å². The van der Waals surface area contributed by atoms with E-state index in [9.17, 15) is 24.3 Å². The molecule has 5 rings (SSSR count). The van der Waals surface area contributed by atoms with Gasteiger partial charge in [0.05, 0.1) is 0 Å². The Labute approximate surface area is 209 Å². The Hall–Kier alpha value is -2.94. The Balaban J connectivity index is 1.92. The van der Waals surface area contributed by atoms with Crippen molar-refractivity contribution >= 4 is 23.9 Å². The first kappa shape index (κ1) is 24.7. The van der Waals surface area contributed by atoms with Gasteiger partial charge in [-0.1, -0.05) is 25.2 Å². The van der Waals surface area contributed by atoms with Crippen molar-refractivity contribution in [2.75, 3.05) is 0 Å². The van der Waals surface area contributed by atoms with Crippen LogP contribution in [0.4, 0.5) is 0 Å². The van der Waals surface area contributed by atoms with Crippen LogP contribution in [0.15, 0.2) is 35.5 Å². The molecule has 5 aliphatic rings. The minimum absolute atomic E-state index is 0.137. The number of hydrogen-bond acceptors (Lipinski definition) is 9. The zero-order chi connectivity index (χ0) is 26.9. The summed E-state index contributed by atoms with van der Waals surface area (Å²) in [5.41, 5.74) is -7.51. The van der Waals surface area contributed by atoms with Crippen molar-refractivity contribution in [3.63, 3.8) is 0 Å². The topological polar surface area (TPSA) is 125 Å². The van der Waals surface area contributed by atoms with Gasteiger partial charge in [-0.25, -0.2) is 9.59 Å². The normalized spacial score (nSPS) is 46.6. The van der Waals surface area contributed by atoms with E-state index >= 15 is 0 Å². The number of ether oxygens (including phenoxy) is 4. The zero-order valence-electron chi connectivity index (χ0n) is 21.6. The van der Waals surface area contributed by atoms with Crippen molar-refractivity contribution in [3.8, 4) is 0 Å². The molecular formula is C27H32O9. The molecule has 3 fully saturated rings. The van der Waals surface area contributed by atoms with Gasteiger partial charge in [0.2, 0.25) is 5.60 Å². The van der Waals surface area contributed by atoms with Crippen molar-refractivity contribution in [1.29, 1.82) is 0 Å². The lowest BCUT2D eigenvalue weighted by molar-refractivity contribution is -0.244. The quantitative estimate of drug-likeness (QED) is 0.328. The van der Waals surface area contributed by atoms with Crippen LogP contribution in [0.3, 0.4) is 0 Å². The minimum Gasteiger partial charge on any atom is -0.458 e. The average Bonchev–Trinajstić information content (AvgIpc) is 2.96. The van der Waals surface area contributed by atoms with E-state index in [1.54, 1.807) is 19.9 Å². The van der Waals surface area contributed by atoms with E-state index in [-0.39, 0.29) is 12.0 Å². The summed E-state index contributed by atoms with van der Waals surface area (Å²) in [6.45, 7) is 15.7. The predicted octanol–water partition coefficient (Wildman–Crippen LogP) is 2.46. The lowest BCUT2D eigenvalue weighted by Crippen LogP contribution is -2.79. The second-order valence-corrected chi connectivity index (χ2v) is 11.6. The van der Waals surface area contributed by atoms with E-state index < -0.39 is 69.1 Å². The van der Waals surface area contributed by atoms with Gasteiger partial charge in [0.1, 0.15) is 17.1 Å². The molecule has 2 aliphatic carbocycles. The fourth-order valence-corrected chi connectivity index (χ4v) is 8.02.